The summed E-state index contributed by atoms with van der Waals surface area (Å²) in [5.74, 6) is 0.389. The van der Waals surface area contributed by atoms with Crippen LogP contribution in [0.1, 0.15) is 6.92 Å². The van der Waals surface area contributed by atoms with Crippen molar-refractivity contribution in [1.82, 2.24) is 5.43 Å². The first-order valence-electron chi connectivity index (χ1n) is 7.62. The number of anilines is 2. The van der Waals surface area contributed by atoms with Gasteiger partial charge in [0, 0.05) is 19.8 Å². The summed E-state index contributed by atoms with van der Waals surface area (Å²) < 4.78 is 0. The third kappa shape index (κ3) is 3.10. The lowest BCUT2D eigenvalue weighted by Gasteiger charge is -2.17. The summed E-state index contributed by atoms with van der Waals surface area (Å²) in [7, 11) is 4.02. The first-order valence-corrected chi connectivity index (χ1v) is 7.62. The summed E-state index contributed by atoms with van der Waals surface area (Å²) >= 11 is 0. The molecule has 0 saturated carbocycles. The summed E-state index contributed by atoms with van der Waals surface area (Å²) in [6.07, 6.45) is 0. The van der Waals surface area contributed by atoms with Crippen molar-refractivity contribution in [2.75, 3.05) is 24.0 Å². The first kappa shape index (κ1) is 15.2. The average molecular weight is 307 g/mol. The molecule has 1 unspecified atom stereocenters. The van der Waals surface area contributed by atoms with Crippen LogP contribution in [-0.4, -0.2) is 31.7 Å². The lowest BCUT2D eigenvalue weighted by atomic mass is 10.2. The molecule has 23 heavy (non-hydrogen) atoms. The summed E-state index contributed by atoms with van der Waals surface area (Å²) in [6.45, 7) is 2.02. The molecule has 5 nitrogen and oxygen atoms in total. The van der Waals surface area contributed by atoms with Crippen LogP contribution >= 0.6 is 0 Å². The van der Waals surface area contributed by atoms with Gasteiger partial charge in [0.25, 0.3) is 0 Å². The molecule has 2 N–H and O–H groups in total. The van der Waals surface area contributed by atoms with Crippen LogP contribution in [0.4, 0.5) is 17.1 Å². The Bertz CT molecular complexity index is 719. The van der Waals surface area contributed by atoms with E-state index in [4.69, 9.17) is 5.41 Å². The summed E-state index contributed by atoms with van der Waals surface area (Å²) in [6, 6.07) is 17.9. The Morgan fingerprint density at radius 3 is 2.30 bits per heavy atom. The number of hydrazine groups is 1. The van der Waals surface area contributed by atoms with Crippen molar-refractivity contribution in [3.63, 3.8) is 0 Å². The summed E-state index contributed by atoms with van der Waals surface area (Å²) in [5.41, 5.74) is 6.97. The van der Waals surface area contributed by atoms with E-state index in [0.29, 0.717) is 5.84 Å². The van der Waals surface area contributed by atoms with E-state index >= 15 is 0 Å². The molecule has 3 rings (SSSR count). The zero-order valence-corrected chi connectivity index (χ0v) is 13.6. The highest BCUT2D eigenvalue weighted by molar-refractivity contribution is 6.48. The highest BCUT2D eigenvalue weighted by Crippen LogP contribution is 2.22. The highest BCUT2D eigenvalue weighted by atomic mass is 15.6. The third-order valence-electron chi connectivity index (χ3n) is 3.83. The number of rotatable bonds is 3. The van der Waals surface area contributed by atoms with Gasteiger partial charge in [-0.05, 0) is 43.3 Å². The summed E-state index contributed by atoms with van der Waals surface area (Å²) in [4.78, 5) is 6.72. The molecule has 2 aromatic carbocycles. The maximum Gasteiger partial charge on any atom is 0.163 e. The lowest BCUT2D eigenvalue weighted by molar-refractivity contribution is 0.719. The van der Waals surface area contributed by atoms with Crippen LogP contribution in [0.15, 0.2) is 59.6 Å². The Balaban J connectivity index is 1.86. The molecule has 1 heterocycles. The number of hydrogen-bond donors (Lipinski definition) is 2. The van der Waals surface area contributed by atoms with Crippen molar-refractivity contribution >= 4 is 28.6 Å². The molecule has 0 spiro atoms. The van der Waals surface area contributed by atoms with E-state index in [-0.39, 0.29) is 6.04 Å². The van der Waals surface area contributed by atoms with Gasteiger partial charge in [0.1, 0.15) is 5.71 Å². The Kier molecular flexibility index (Phi) is 4.12. The predicted molar refractivity (Wildman–Crippen MR) is 97.1 cm³/mol. The van der Waals surface area contributed by atoms with E-state index < -0.39 is 0 Å². The number of aliphatic imine (C=N–C) groups is 1. The molecular formula is C18H21N5. The number of hydrogen-bond acceptors (Lipinski definition) is 4. The van der Waals surface area contributed by atoms with Gasteiger partial charge in [0.05, 0.1) is 17.4 Å². The molecule has 0 aromatic heterocycles. The van der Waals surface area contributed by atoms with Crippen molar-refractivity contribution in [3.8, 4) is 0 Å². The second kappa shape index (κ2) is 6.22. The lowest BCUT2D eigenvalue weighted by Crippen LogP contribution is -2.36. The van der Waals surface area contributed by atoms with Gasteiger partial charge < -0.3 is 4.90 Å². The standard InChI is InChI=1S/C18H21N5/c1-13-17(20-14-9-11-15(12-10-14)22(2)3)18(19)23(21-13)16-7-5-4-6-8-16/h4-13,19,21H,1-3H3. The van der Waals surface area contributed by atoms with Crippen molar-refractivity contribution in [2.24, 2.45) is 4.99 Å². The number of nitrogens with zero attached hydrogens (tertiary/aromatic N) is 3. The number of amidine groups is 1. The van der Waals surface area contributed by atoms with Crippen LogP contribution in [0.5, 0.6) is 0 Å². The molecule has 118 valence electrons. The van der Waals surface area contributed by atoms with Crippen LogP contribution in [0, 0.1) is 5.41 Å². The van der Waals surface area contributed by atoms with Gasteiger partial charge in [0.2, 0.25) is 0 Å². The van der Waals surface area contributed by atoms with Gasteiger partial charge in [-0.2, -0.15) is 0 Å². The minimum Gasteiger partial charge on any atom is -0.378 e. The minimum atomic E-state index is -0.00349. The predicted octanol–water partition coefficient (Wildman–Crippen LogP) is 3.22. The van der Waals surface area contributed by atoms with Crippen LogP contribution in [0.3, 0.4) is 0 Å². The number of nitrogens with one attached hydrogen (secondary N) is 2. The largest absolute Gasteiger partial charge is 0.378 e. The van der Waals surface area contributed by atoms with Gasteiger partial charge >= 0.3 is 0 Å². The van der Waals surface area contributed by atoms with Gasteiger partial charge in [-0.3, -0.25) is 10.4 Å². The molecule has 1 atom stereocenters. The first-order chi connectivity index (χ1) is 11.1. The molecule has 2 aromatic rings. The summed E-state index contributed by atoms with van der Waals surface area (Å²) in [5, 5.41) is 10.2. The Labute approximate surface area is 136 Å². The normalized spacial score (nSPS) is 19.4. The van der Waals surface area contributed by atoms with Gasteiger partial charge in [0.15, 0.2) is 5.84 Å². The number of para-hydroxylation sites is 1. The quantitative estimate of drug-likeness (QED) is 0.915. The van der Waals surface area contributed by atoms with E-state index in [9.17, 15) is 0 Å². The SMILES string of the molecule is CC1NN(c2ccccc2)C(=N)C1=Nc1ccc(N(C)C)cc1. The van der Waals surface area contributed by atoms with E-state index in [0.717, 1.165) is 22.8 Å². The molecule has 0 amide bonds. The monoisotopic (exact) mass is 307 g/mol. The van der Waals surface area contributed by atoms with Crippen LogP contribution < -0.4 is 15.3 Å². The molecule has 1 fully saturated rings. The van der Waals surface area contributed by atoms with E-state index in [1.807, 2.05) is 75.6 Å². The van der Waals surface area contributed by atoms with Crippen molar-refractivity contribution in [3.05, 3.63) is 54.6 Å². The zero-order chi connectivity index (χ0) is 16.4. The Morgan fingerprint density at radius 2 is 1.70 bits per heavy atom. The fraction of sp³-hybridized carbons (Fsp3) is 0.222. The molecule has 1 aliphatic heterocycles. The van der Waals surface area contributed by atoms with Crippen LogP contribution in [0.2, 0.25) is 0 Å². The van der Waals surface area contributed by atoms with Gasteiger partial charge in [-0.1, -0.05) is 18.2 Å². The second-order valence-electron chi connectivity index (χ2n) is 5.78. The van der Waals surface area contributed by atoms with Gasteiger partial charge in [-0.15, -0.1) is 0 Å². The van der Waals surface area contributed by atoms with Crippen molar-refractivity contribution in [2.45, 2.75) is 13.0 Å². The third-order valence-corrected chi connectivity index (χ3v) is 3.83. The molecular weight excluding hydrogens is 286 g/mol. The molecule has 5 heteroatoms. The minimum absolute atomic E-state index is 0.00349. The van der Waals surface area contributed by atoms with E-state index in [1.54, 1.807) is 5.01 Å². The van der Waals surface area contributed by atoms with Crippen LogP contribution in [0.25, 0.3) is 0 Å². The highest BCUT2D eigenvalue weighted by Gasteiger charge is 2.31. The van der Waals surface area contributed by atoms with Crippen LogP contribution in [-0.2, 0) is 0 Å². The number of benzene rings is 2. The van der Waals surface area contributed by atoms with E-state index in [1.165, 1.54) is 0 Å². The average Bonchev–Trinajstić information content (AvgIpc) is 2.84. The zero-order valence-electron chi connectivity index (χ0n) is 13.6. The molecule has 0 bridgehead atoms. The Hall–Kier alpha value is -2.66. The van der Waals surface area contributed by atoms with E-state index in [2.05, 4.69) is 15.3 Å². The van der Waals surface area contributed by atoms with Gasteiger partial charge in [-0.25, -0.2) is 10.4 Å². The molecule has 0 aliphatic carbocycles. The topological polar surface area (TPSA) is 54.7 Å². The van der Waals surface area contributed by atoms with Crippen molar-refractivity contribution < 1.29 is 0 Å². The smallest absolute Gasteiger partial charge is 0.163 e. The maximum absolute atomic E-state index is 8.42. The fourth-order valence-corrected chi connectivity index (χ4v) is 2.53. The fourth-order valence-electron chi connectivity index (χ4n) is 2.53. The molecule has 1 aliphatic rings. The molecule has 0 radical (unpaired) electrons. The second-order valence-corrected chi connectivity index (χ2v) is 5.78. The Morgan fingerprint density at radius 1 is 1.04 bits per heavy atom. The maximum atomic E-state index is 8.42. The van der Waals surface area contributed by atoms with Crippen molar-refractivity contribution in [1.29, 1.82) is 5.41 Å². The molecule has 1 saturated heterocycles.